The Kier molecular flexibility index (Phi) is 5.15. The molecule has 10 heteroatoms. The van der Waals surface area contributed by atoms with E-state index in [-0.39, 0.29) is 22.2 Å². The first-order chi connectivity index (χ1) is 12.1. The van der Waals surface area contributed by atoms with E-state index in [0.717, 1.165) is 0 Å². The fraction of sp³-hybridized carbons (Fsp3) is 0.133. The molecule has 8 nitrogen and oxygen atoms in total. The predicted molar refractivity (Wildman–Crippen MR) is 93.8 cm³/mol. The number of thioether (sulfide) groups is 1. The fourth-order valence-electron chi connectivity index (χ4n) is 2.02. The lowest BCUT2D eigenvalue weighted by Gasteiger charge is -2.01. The normalized spacial score (nSPS) is 10.6. The average molecular weight is 378 g/mol. The molecule has 128 valence electrons. The van der Waals surface area contributed by atoms with E-state index in [1.54, 1.807) is 12.1 Å². The molecule has 0 aliphatic rings. The number of nitrogens with one attached hydrogen (secondary N) is 2. The van der Waals surface area contributed by atoms with Gasteiger partial charge < -0.3 is 15.0 Å². The highest BCUT2D eigenvalue weighted by Crippen LogP contribution is 2.26. The molecule has 2 N–H and O–H groups in total. The maximum absolute atomic E-state index is 11.9. The van der Waals surface area contributed by atoms with Crippen LogP contribution in [0, 0.1) is 0 Å². The number of carbonyl (C=O) groups excluding carboxylic acids is 2. The summed E-state index contributed by atoms with van der Waals surface area (Å²) < 4.78 is 4.68. The first-order valence-corrected chi connectivity index (χ1v) is 8.39. The Bertz CT molecular complexity index is 932. The highest BCUT2D eigenvalue weighted by Gasteiger charge is 2.15. The molecule has 0 aliphatic carbocycles. The Morgan fingerprint density at radius 3 is 2.92 bits per heavy atom. The SMILES string of the molecule is COC(=O)c1cc2nc(SCC(=O)Nc3cnccn3)[nH]c2cc1Cl. The average Bonchev–Trinajstić information content (AvgIpc) is 3.01. The zero-order chi connectivity index (χ0) is 17.8. The quantitative estimate of drug-likeness (QED) is 0.519. The second kappa shape index (κ2) is 7.49. The van der Waals surface area contributed by atoms with Crippen LogP contribution in [0.25, 0.3) is 11.0 Å². The summed E-state index contributed by atoms with van der Waals surface area (Å²) in [4.78, 5) is 38.8. The minimum atomic E-state index is -0.535. The second-order valence-corrected chi connectivity index (χ2v) is 6.18. The van der Waals surface area contributed by atoms with Crippen LogP contribution in [0.4, 0.5) is 5.82 Å². The molecule has 0 spiro atoms. The Morgan fingerprint density at radius 1 is 1.36 bits per heavy atom. The fourth-order valence-corrected chi connectivity index (χ4v) is 2.94. The summed E-state index contributed by atoms with van der Waals surface area (Å²) in [7, 11) is 1.28. The van der Waals surface area contributed by atoms with E-state index in [4.69, 9.17) is 11.6 Å². The summed E-state index contributed by atoms with van der Waals surface area (Å²) in [6, 6.07) is 3.14. The van der Waals surface area contributed by atoms with Gasteiger partial charge in [0.25, 0.3) is 0 Å². The number of ether oxygens (including phenoxy) is 1. The minimum Gasteiger partial charge on any atom is -0.465 e. The van der Waals surface area contributed by atoms with Crippen molar-refractivity contribution in [1.82, 2.24) is 19.9 Å². The molecule has 0 unspecified atom stereocenters. The lowest BCUT2D eigenvalue weighted by Crippen LogP contribution is -2.15. The Hall–Kier alpha value is -2.65. The summed E-state index contributed by atoms with van der Waals surface area (Å²) >= 11 is 7.28. The van der Waals surface area contributed by atoms with Gasteiger partial charge >= 0.3 is 5.97 Å². The maximum atomic E-state index is 11.9. The van der Waals surface area contributed by atoms with Gasteiger partial charge in [0.15, 0.2) is 11.0 Å². The van der Waals surface area contributed by atoms with E-state index >= 15 is 0 Å². The maximum Gasteiger partial charge on any atom is 0.339 e. The zero-order valence-electron chi connectivity index (χ0n) is 12.9. The van der Waals surface area contributed by atoms with Gasteiger partial charge in [0.2, 0.25) is 5.91 Å². The van der Waals surface area contributed by atoms with Gasteiger partial charge in [-0.1, -0.05) is 23.4 Å². The van der Waals surface area contributed by atoms with Crippen molar-refractivity contribution in [2.45, 2.75) is 5.16 Å². The Labute approximate surface area is 151 Å². The Morgan fingerprint density at radius 2 is 2.20 bits per heavy atom. The number of amides is 1. The molecule has 0 atom stereocenters. The first-order valence-electron chi connectivity index (χ1n) is 7.03. The van der Waals surface area contributed by atoms with E-state index < -0.39 is 5.97 Å². The van der Waals surface area contributed by atoms with Crippen molar-refractivity contribution < 1.29 is 14.3 Å². The topological polar surface area (TPSA) is 110 Å². The number of carbonyl (C=O) groups is 2. The third kappa shape index (κ3) is 4.06. The molecule has 2 aromatic heterocycles. The van der Waals surface area contributed by atoms with Gasteiger partial charge in [0.05, 0.1) is 40.7 Å². The van der Waals surface area contributed by atoms with Crippen molar-refractivity contribution in [3.05, 3.63) is 41.3 Å². The highest BCUT2D eigenvalue weighted by atomic mass is 35.5. The number of nitrogens with zero attached hydrogens (tertiary/aromatic N) is 3. The molecule has 1 amide bonds. The molecule has 0 fully saturated rings. The summed E-state index contributed by atoms with van der Waals surface area (Å²) in [6.07, 6.45) is 4.47. The number of halogens is 1. The Balaban J connectivity index is 1.70. The number of hydrogen-bond acceptors (Lipinski definition) is 7. The molecule has 0 radical (unpaired) electrons. The van der Waals surface area contributed by atoms with Gasteiger partial charge in [-0.15, -0.1) is 0 Å². The van der Waals surface area contributed by atoms with Crippen LogP contribution in [-0.2, 0) is 9.53 Å². The van der Waals surface area contributed by atoms with Crippen molar-refractivity contribution >= 4 is 52.1 Å². The zero-order valence-corrected chi connectivity index (χ0v) is 14.5. The number of aromatic amines is 1. The number of fused-ring (bicyclic) bond motifs is 1. The number of methoxy groups -OCH3 is 1. The van der Waals surface area contributed by atoms with Gasteiger partial charge in [0.1, 0.15) is 0 Å². The van der Waals surface area contributed by atoms with Crippen LogP contribution in [0.5, 0.6) is 0 Å². The molecule has 0 saturated heterocycles. The van der Waals surface area contributed by atoms with Crippen LogP contribution in [0.3, 0.4) is 0 Å². The molecular weight excluding hydrogens is 366 g/mol. The molecule has 3 rings (SSSR count). The number of benzene rings is 1. The van der Waals surface area contributed by atoms with Gasteiger partial charge in [-0.05, 0) is 12.1 Å². The number of imidazole rings is 1. The van der Waals surface area contributed by atoms with Gasteiger partial charge in [-0.2, -0.15) is 0 Å². The number of anilines is 1. The van der Waals surface area contributed by atoms with Crippen LogP contribution < -0.4 is 5.32 Å². The van der Waals surface area contributed by atoms with Crippen molar-refractivity contribution in [2.75, 3.05) is 18.2 Å². The summed E-state index contributed by atoms with van der Waals surface area (Å²) in [6.45, 7) is 0. The molecule has 25 heavy (non-hydrogen) atoms. The van der Waals surface area contributed by atoms with E-state index in [9.17, 15) is 9.59 Å². The number of rotatable bonds is 5. The molecule has 0 saturated carbocycles. The third-order valence-corrected chi connectivity index (χ3v) is 4.31. The highest BCUT2D eigenvalue weighted by molar-refractivity contribution is 7.99. The summed E-state index contributed by atoms with van der Waals surface area (Å²) in [5.74, 6) is -0.257. The smallest absolute Gasteiger partial charge is 0.339 e. The van der Waals surface area contributed by atoms with Crippen LogP contribution >= 0.6 is 23.4 Å². The van der Waals surface area contributed by atoms with Crippen molar-refractivity contribution in [3.8, 4) is 0 Å². The number of H-pyrrole nitrogens is 1. The molecule has 0 aliphatic heterocycles. The summed E-state index contributed by atoms with van der Waals surface area (Å²) in [5, 5.41) is 3.42. The van der Waals surface area contributed by atoms with E-state index in [1.165, 1.54) is 37.5 Å². The van der Waals surface area contributed by atoms with Crippen molar-refractivity contribution in [2.24, 2.45) is 0 Å². The second-order valence-electron chi connectivity index (χ2n) is 4.81. The standard InChI is InChI=1S/C15H12ClN5O3S/c1-24-14(23)8-4-10-11(5-9(8)16)20-15(19-10)25-7-13(22)21-12-6-17-2-3-18-12/h2-6H,7H2,1H3,(H,19,20)(H,18,21,22). The minimum absolute atomic E-state index is 0.133. The van der Waals surface area contributed by atoms with Crippen molar-refractivity contribution in [1.29, 1.82) is 0 Å². The molecular formula is C15H12ClN5O3S. The van der Waals surface area contributed by atoms with E-state index in [0.29, 0.717) is 22.0 Å². The van der Waals surface area contributed by atoms with Crippen molar-refractivity contribution in [3.63, 3.8) is 0 Å². The first kappa shape index (κ1) is 17.2. The van der Waals surface area contributed by atoms with Crippen LogP contribution in [0.2, 0.25) is 5.02 Å². The largest absolute Gasteiger partial charge is 0.465 e. The van der Waals surface area contributed by atoms with Crippen LogP contribution in [-0.4, -0.2) is 44.7 Å². The monoisotopic (exact) mass is 377 g/mol. The van der Waals surface area contributed by atoms with Crippen LogP contribution in [0.15, 0.2) is 35.9 Å². The molecule has 0 bridgehead atoms. The van der Waals surface area contributed by atoms with E-state index in [1.807, 2.05) is 0 Å². The lowest BCUT2D eigenvalue weighted by atomic mass is 10.2. The van der Waals surface area contributed by atoms with Gasteiger partial charge in [-0.3, -0.25) is 9.78 Å². The third-order valence-electron chi connectivity index (χ3n) is 3.12. The summed E-state index contributed by atoms with van der Waals surface area (Å²) in [5.41, 5.74) is 1.45. The van der Waals surface area contributed by atoms with Crippen LogP contribution in [0.1, 0.15) is 10.4 Å². The number of hydrogen-bond donors (Lipinski definition) is 2. The molecule has 2 heterocycles. The number of esters is 1. The van der Waals surface area contributed by atoms with E-state index in [2.05, 4.69) is 30.0 Å². The number of aromatic nitrogens is 4. The van der Waals surface area contributed by atoms with Gasteiger partial charge in [0, 0.05) is 12.4 Å². The van der Waals surface area contributed by atoms with Gasteiger partial charge in [-0.25, -0.2) is 14.8 Å². The molecule has 3 aromatic rings. The molecule has 1 aromatic carbocycles. The lowest BCUT2D eigenvalue weighted by molar-refractivity contribution is -0.113. The predicted octanol–water partition coefficient (Wildman–Crippen LogP) is 2.52.